The van der Waals surface area contributed by atoms with Crippen LogP contribution in [0.5, 0.6) is 0 Å². The van der Waals surface area contributed by atoms with Gasteiger partial charge in [0, 0.05) is 14.2 Å². The van der Waals surface area contributed by atoms with E-state index in [0.717, 1.165) is 12.7 Å². The molecule has 0 saturated carbocycles. The van der Waals surface area contributed by atoms with Gasteiger partial charge in [-0.3, -0.25) is 36.3 Å². The number of anilines is 3. The molecule has 3 saturated heterocycles. The first-order valence-electron chi connectivity index (χ1n) is 21.8. The second-order valence-electron chi connectivity index (χ2n) is 16.4. The molecule has 6 aromatic heterocycles. The van der Waals surface area contributed by atoms with E-state index in [4.69, 9.17) is 113 Å². The fourth-order valence-electron chi connectivity index (χ4n) is 8.51. The molecule has 416 valence electrons. The number of nitrogens with zero attached hydrogens (tertiary/aromatic N) is 12. The normalized spacial score (nSPS) is 29.6. The van der Waals surface area contributed by atoms with E-state index in [0.29, 0.717) is 0 Å². The van der Waals surface area contributed by atoms with Crippen molar-refractivity contribution in [3.8, 4) is 0 Å². The van der Waals surface area contributed by atoms with Crippen LogP contribution in [0.15, 0.2) is 38.0 Å². The smallest absolute Gasteiger partial charge is 0.394 e. The Morgan fingerprint density at radius 3 is 1.36 bits per heavy atom. The zero-order valence-electron chi connectivity index (χ0n) is 39.0. The summed E-state index contributed by atoms with van der Waals surface area (Å²) in [6, 6.07) is 0. The van der Waals surface area contributed by atoms with E-state index in [9.17, 15) is 34.1 Å². The third-order valence-corrected chi connectivity index (χ3v) is 16.6. The second-order valence-corrected chi connectivity index (χ2v) is 26.0. The van der Waals surface area contributed by atoms with Crippen LogP contribution in [0, 0.1) is 0 Å². The van der Waals surface area contributed by atoms with Crippen LogP contribution in [-0.2, 0) is 95.3 Å². The van der Waals surface area contributed by atoms with Crippen LogP contribution in [0.3, 0.4) is 0 Å². The number of phosphoric ester groups is 1. The molecule has 9 rings (SSSR count). The topological polar surface area (TPSA) is 478 Å². The Labute approximate surface area is 441 Å². The number of phosphoric acid groups is 1. The lowest BCUT2D eigenvalue weighted by molar-refractivity contribution is -0.0601. The van der Waals surface area contributed by atoms with Crippen molar-refractivity contribution in [1.82, 2.24) is 58.6 Å². The van der Waals surface area contributed by atoms with Gasteiger partial charge in [0.05, 0.1) is 52.0 Å². The van der Waals surface area contributed by atoms with Crippen molar-refractivity contribution in [2.45, 2.75) is 73.6 Å². The van der Waals surface area contributed by atoms with Gasteiger partial charge in [0.15, 0.2) is 53.1 Å². The number of nitrogens with two attached hydrogens (primary N) is 3. The minimum Gasteiger partial charge on any atom is -0.394 e. The SMILES string of the molecule is CO[C@@H]1C(OP(O)(O)=S)[C@H](n2cnc3c(N)ncnc32)O[C@@H]1COP(O)(=S)OC1[C@@H](O)[C@@H](COP(O)(=S)OC2[C@@H](OC)[C@@H](COP(=O)(O)OCCO)O[C@H]2n2cnc3c(N)ncnc32)O[C@H]1n1cnc2c(N)ncnc21. The maximum Gasteiger partial charge on any atom is 0.472 e. The molecule has 6 unspecified atom stereocenters. The summed E-state index contributed by atoms with van der Waals surface area (Å²) in [7, 11) is -2.22. The molecule has 3 fully saturated rings. The van der Waals surface area contributed by atoms with Gasteiger partial charge in [-0.05, 0) is 35.4 Å². The zero-order valence-corrected chi connectivity index (χ0v) is 45.0. The van der Waals surface area contributed by atoms with Gasteiger partial charge in [-0.1, -0.05) is 0 Å². The summed E-state index contributed by atoms with van der Waals surface area (Å²) in [6.07, 6.45) is -9.40. The number of aliphatic hydroxyl groups excluding tert-OH is 2. The monoisotopic (exact) mass is 1210 g/mol. The Morgan fingerprint density at radius 1 is 0.553 bits per heavy atom. The molecule has 0 radical (unpaired) electrons. The molecular weight excluding hydrogens is 1160 g/mol. The molecule has 6 aromatic rings. The van der Waals surface area contributed by atoms with Crippen LogP contribution >= 0.6 is 28.0 Å². The van der Waals surface area contributed by atoms with Crippen LogP contribution in [0.25, 0.3) is 33.5 Å². The van der Waals surface area contributed by atoms with E-state index >= 15 is 0 Å². The minimum absolute atomic E-state index is 0.00823. The Hall–Kier alpha value is -3.53. The van der Waals surface area contributed by atoms with Crippen LogP contribution in [0.2, 0.25) is 0 Å². The molecule has 76 heavy (non-hydrogen) atoms. The van der Waals surface area contributed by atoms with Gasteiger partial charge in [-0.25, -0.2) is 49.4 Å². The van der Waals surface area contributed by atoms with Crippen molar-refractivity contribution in [3.63, 3.8) is 0 Å². The molecule has 0 amide bonds. The molecule has 3 aliphatic rings. The van der Waals surface area contributed by atoms with E-state index in [-0.39, 0.29) is 50.9 Å². The molecule has 3 aliphatic heterocycles. The van der Waals surface area contributed by atoms with Crippen LogP contribution < -0.4 is 17.2 Å². The van der Waals surface area contributed by atoms with E-state index in [1.807, 2.05) is 0 Å². The van der Waals surface area contributed by atoms with Crippen molar-refractivity contribution in [1.29, 1.82) is 0 Å². The fraction of sp³-hybridized carbons (Fsp3) is 0.559. The summed E-state index contributed by atoms with van der Waals surface area (Å²) in [6.45, 7) is -16.6. The highest BCUT2D eigenvalue weighted by Crippen LogP contribution is 2.55. The van der Waals surface area contributed by atoms with E-state index < -0.39 is 135 Å². The fourth-order valence-corrected chi connectivity index (χ4v) is 12.9. The van der Waals surface area contributed by atoms with Gasteiger partial charge in [-0.2, -0.15) is 0 Å². The molecule has 0 spiro atoms. The quantitative estimate of drug-likeness (QED) is 0.0319. The van der Waals surface area contributed by atoms with Crippen molar-refractivity contribution in [3.05, 3.63) is 38.0 Å². The number of nitrogen functional groups attached to an aromatic ring is 3. The predicted molar refractivity (Wildman–Crippen MR) is 266 cm³/mol. The standard InChI is InChI=1S/C34H47N15O20P4S3/c1-58-21-16(66-33(24(21)67-71(54,55)74)48-12-45-18-27(36)39-9-42-30(18)48)7-63-72(56,75)68-23-20(51)14(64-32(23)47-11-44-17-26(35)38-8-41-29(17)47)5-62-73(57,76)69-25-22(59-2)15(6-61-70(52,53)60-4-3-50)65-34(25)49-13-46-19-28(37)40-10-43-31(19)49/h8-16,20-25,32-34,50-51H,3-7H2,1-2H3,(H,52,53)(H,56,75)(H,57,76)(H2,35,38,41)(H2,36,39,42)(H2,37,40,43)(H2,54,55,74)/t14-,15-,16-,20+,21+,22+,23?,24?,25?,32-,33-,34-,72?,73?/m1/s1. The third kappa shape index (κ3) is 12.1. The number of hydrogen-bond acceptors (Lipinski definition) is 30. The lowest BCUT2D eigenvalue weighted by Gasteiger charge is -2.28. The van der Waals surface area contributed by atoms with Crippen molar-refractivity contribution in [2.24, 2.45) is 0 Å². The average molecular weight is 1210 g/mol. The number of aliphatic hydroxyl groups is 2. The molecule has 13 N–H and O–H groups in total. The third-order valence-electron chi connectivity index (χ3n) is 11.7. The lowest BCUT2D eigenvalue weighted by Crippen LogP contribution is -2.38. The van der Waals surface area contributed by atoms with Crippen LogP contribution in [0.4, 0.5) is 17.5 Å². The summed E-state index contributed by atoms with van der Waals surface area (Å²) in [4.78, 5) is 91.4. The molecule has 9 heterocycles. The number of imidazole rings is 3. The highest BCUT2D eigenvalue weighted by molar-refractivity contribution is 8.07. The van der Waals surface area contributed by atoms with Crippen molar-refractivity contribution in [2.75, 3.05) is 64.5 Å². The van der Waals surface area contributed by atoms with Crippen LogP contribution in [-0.4, -0.2) is 195 Å². The number of ether oxygens (including phenoxy) is 5. The highest BCUT2D eigenvalue weighted by Gasteiger charge is 2.54. The number of fused-ring (bicyclic) bond motifs is 3. The molecule has 42 heteroatoms. The summed E-state index contributed by atoms with van der Waals surface area (Å²) >= 11 is 15.8. The van der Waals surface area contributed by atoms with Gasteiger partial charge in [-0.15, -0.1) is 0 Å². The van der Waals surface area contributed by atoms with Crippen molar-refractivity contribution >= 4 is 114 Å². The highest BCUT2D eigenvalue weighted by atomic mass is 32.5. The van der Waals surface area contributed by atoms with Gasteiger partial charge in [0.2, 0.25) is 0 Å². The zero-order chi connectivity index (χ0) is 54.5. The Bertz CT molecular complexity index is 3260. The summed E-state index contributed by atoms with van der Waals surface area (Å²) in [5, 5.41) is 21.1. The Balaban J connectivity index is 0.943. The second kappa shape index (κ2) is 22.9. The molecular formula is C34H47N15O20P4S3. The van der Waals surface area contributed by atoms with Crippen LogP contribution in [0.1, 0.15) is 18.7 Å². The largest absolute Gasteiger partial charge is 0.472 e. The Morgan fingerprint density at radius 2 is 0.934 bits per heavy atom. The van der Waals surface area contributed by atoms with Gasteiger partial charge >= 0.3 is 28.0 Å². The molecule has 15 atom stereocenters. The molecule has 0 aliphatic carbocycles. The number of aromatic nitrogens is 12. The maximum atomic E-state index is 12.6. The average Bonchev–Trinajstić information content (AvgIpc) is 4.25. The minimum atomic E-state index is -4.73. The van der Waals surface area contributed by atoms with E-state index in [1.165, 1.54) is 53.2 Å². The number of rotatable bonds is 23. The number of methoxy groups -OCH3 is 2. The van der Waals surface area contributed by atoms with Gasteiger partial charge in [0.1, 0.15) is 90.5 Å². The summed E-state index contributed by atoms with van der Waals surface area (Å²) in [5.41, 5.74) is 18.9. The first-order valence-corrected chi connectivity index (χ1v) is 31.1. The first-order chi connectivity index (χ1) is 36.0. The van der Waals surface area contributed by atoms with Gasteiger partial charge in [0.25, 0.3) is 0 Å². The van der Waals surface area contributed by atoms with E-state index in [1.54, 1.807) is 0 Å². The van der Waals surface area contributed by atoms with Gasteiger partial charge < -0.3 is 84.6 Å². The Kier molecular flexibility index (Phi) is 17.2. The lowest BCUT2D eigenvalue weighted by atomic mass is 10.1. The summed E-state index contributed by atoms with van der Waals surface area (Å²) in [5.74, 6) is 0.0238. The molecule has 35 nitrogen and oxygen atoms in total. The first kappa shape index (κ1) is 57.2. The molecule has 0 bridgehead atoms. The van der Waals surface area contributed by atoms with E-state index in [2.05, 4.69) is 44.9 Å². The van der Waals surface area contributed by atoms with Crippen molar-refractivity contribution < 1.29 is 94.6 Å². The number of hydrogen-bond donors (Lipinski definition) is 10. The maximum absolute atomic E-state index is 12.6. The summed E-state index contributed by atoms with van der Waals surface area (Å²) < 4.78 is 85.7. The predicted octanol–water partition coefficient (Wildman–Crippen LogP) is -1.71. The molecule has 0 aromatic carbocycles.